The number of aromatic nitrogens is 2. The van der Waals surface area contributed by atoms with Crippen molar-refractivity contribution in [1.82, 2.24) is 15.3 Å². The van der Waals surface area contributed by atoms with E-state index >= 15 is 0 Å². The lowest BCUT2D eigenvalue weighted by molar-refractivity contribution is 0.0931. The highest BCUT2D eigenvalue weighted by Gasteiger charge is 2.26. The van der Waals surface area contributed by atoms with Crippen LogP contribution in [0.1, 0.15) is 35.4 Å². The van der Waals surface area contributed by atoms with Crippen molar-refractivity contribution in [3.8, 4) is 0 Å². The van der Waals surface area contributed by atoms with E-state index in [9.17, 15) is 4.79 Å². The molecule has 146 valence electrons. The summed E-state index contributed by atoms with van der Waals surface area (Å²) in [5.41, 5.74) is 0. The molecule has 2 N–H and O–H groups in total. The van der Waals surface area contributed by atoms with Gasteiger partial charge in [-0.1, -0.05) is 34.8 Å². The molecule has 27 heavy (non-hydrogen) atoms. The maximum atomic E-state index is 12.4. The average molecular weight is 449 g/mol. The van der Waals surface area contributed by atoms with Gasteiger partial charge in [-0.25, -0.2) is 4.98 Å². The summed E-state index contributed by atoms with van der Waals surface area (Å²) >= 11 is 19.1. The van der Waals surface area contributed by atoms with Crippen molar-refractivity contribution in [3.63, 3.8) is 0 Å². The summed E-state index contributed by atoms with van der Waals surface area (Å²) in [6.07, 6.45) is 5.31. The van der Waals surface area contributed by atoms with Crippen LogP contribution in [0.5, 0.6) is 0 Å². The quantitative estimate of drug-likeness (QED) is 0.693. The molecule has 3 rings (SSSR count). The third-order valence-electron chi connectivity index (χ3n) is 4.46. The molecule has 0 aromatic carbocycles. The van der Waals surface area contributed by atoms with E-state index in [1.54, 1.807) is 6.20 Å². The first-order chi connectivity index (χ1) is 12.8. The second-order valence-corrected chi connectivity index (χ2v) is 9.01. The van der Waals surface area contributed by atoms with Crippen LogP contribution in [-0.4, -0.2) is 42.1 Å². The number of hydrogen-bond donors (Lipinski definition) is 2. The summed E-state index contributed by atoms with van der Waals surface area (Å²) in [5, 5.41) is 6.87. The number of nitrogens with zero attached hydrogens (tertiary/aromatic N) is 3. The van der Waals surface area contributed by atoms with E-state index in [1.165, 1.54) is 0 Å². The minimum Gasteiger partial charge on any atom is -0.363 e. The van der Waals surface area contributed by atoms with Crippen molar-refractivity contribution in [2.75, 3.05) is 24.3 Å². The predicted molar refractivity (Wildman–Crippen MR) is 113 cm³/mol. The number of anilines is 2. The Morgan fingerprint density at radius 3 is 2.41 bits per heavy atom. The van der Waals surface area contributed by atoms with Gasteiger partial charge in [-0.15, -0.1) is 11.3 Å². The standard InChI is InChI=1S/C17H20Cl3N5OS/c1-25(2)11-7-8-21-17(24-11)23-10-5-3-9(4-6-10)22-16(26)14-12(18)13(19)15(20)27-14/h7-10H,3-6H2,1-2H3,(H,22,26)(H,21,23,24). The van der Waals surface area contributed by atoms with Crippen molar-refractivity contribution in [2.45, 2.75) is 37.8 Å². The average Bonchev–Trinajstić information content (AvgIpc) is 2.91. The topological polar surface area (TPSA) is 70.2 Å². The van der Waals surface area contributed by atoms with Crippen LogP contribution in [0.25, 0.3) is 0 Å². The van der Waals surface area contributed by atoms with E-state index in [0.717, 1.165) is 42.8 Å². The summed E-state index contributed by atoms with van der Waals surface area (Å²) in [5.74, 6) is 1.26. The lowest BCUT2D eigenvalue weighted by Gasteiger charge is -2.29. The molecule has 6 nitrogen and oxygen atoms in total. The number of rotatable bonds is 5. The van der Waals surface area contributed by atoms with Crippen molar-refractivity contribution >= 4 is 63.8 Å². The number of halogens is 3. The van der Waals surface area contributed by atoms with Crippen LogP contribution in [0.2, 0.25) is 14.4 Å². The SMILES string of the molecule is CN(C)c1ccnc(NC2CCC(NC(=O)c3sc(Cl)c(Cl)c3Cl)CC2)n1. The second kappa shape index (κ2) is 8.82. The molecule has 0 saturated heterocycles. The summed E-state index contributed by atoms with van der Waals surface area (Å²) < 4.78 is 0.333. The Morgan fingerprint density at radius 2 is 1.81 bits per heavy atom. The Labute approximate surface area is 177 Å². The van der Waals surface area contributed by atoms with Gasteiger partial charge >= 0.3 is 0 Å². The molecular formula is C17H20Cl3N5OS. The molecule has 1 aliphatic carbocycles. The Morgan fingerprint density at radius 1 is 1.15 bits per heavy atom. The van der Waals surface area contributed by atoms with Crippen LogP contribution in [-0.2, 0) is 0 Å². The molecule has 0 bridgehead atoms. The van der Waals surface area contributed by atoms with E-state index in [-0.39, 0.29) is 28.0 Å². The first-order valence-corrected chi connectivity index (χ1v) is 10.5. The summed E-state index contributed by atoms with van der Waals surface area (Å²) in [6.45, 7) is 0. The molecule has 0 radical (unpaired) electrons. The Hall–Kier alpha value is -1.28. The van der Waals surface area contributed by atoms with E-state index < -0.39 is 0 Å². The zero-order chi connectivity index (χ0) is 19.6. The number of carbonyl (C=O) groups is 1. The summed E-state index contributed by atoms with van der Waals surface area (Å²) in [4.78, 5) is 23.5. The van der Waals surface area contributed by atoms with Crippen LogP contribution >= 0.6 is 46.1 Å². The van der Waals surface area contributed by atoms with Crippen LogP contribution < -0.4 is 15.5 Å². The number of amides is 1. The number of thiophene rings is 1. The molecule has 0 aliphatic heterocycles. The zero-order valence-corrected chi connectivity index (χ0v) is 18.0. The van der Waals surface area contributed by atoms with Gasteiger partial charge < -0.3 is 15.5 Å². The van der Waals surface area contributed by atoms with E-state index in [0.29, 0.717) is 15.2 Å². The molecule has 0 unspecified atom stereocenters. The lowest BCUT2D eigenvalue weighted by atomic mass is 9.91. The smallest absolute Gasteiger partial charge is 0.263 e. The molecule has 1 amide bonds. The van der Waals surface area contributed by atoms with E-state index in [2.05, 4.69) is 20.6 Å². The maximum Gasteiger partial charge on any atom is 0.263 e. The minimum absolute atomic E-state index is 0.0975. The molecule has 0 spiro atoms. The highest BCUT2D eigenvalue weighted by molar-refractivity contribution is 7.19. The fourth-order valence-electron chi connectivity index (χ4n) is 2.99. The Kier molecular flexibility index (Phi) is 6.68. The van der Waals surface area contributed by atoms with Gasteiger partial charge in [0.15, 0.2) is 0 Å². The van der Waals surface area contributed by atoms with Crippen LogP contribution in [0.4, 0.5) is 11.8 Å². The molecular weight excluding hydrogens is 429 g/mol. The van der Waals surface area contributed by atoms with Gasteiger partial charge in [-0.2, -0.15) is 4.98 Å². The monoisotopic (exact) mass is 447 g/mol. The van der Waals surface area contributed by atoms with Crippen molar-refractivity contribution < 1.29 is 4.79 Å². The fourth-order valence-corrected chi connectivity index (χ4v) is 4.70. The second-order valence-electron chi connectivity index (χ2n) is 6.63. The minimum atomic E-state index is -0.225. The molecule has 1 fully saturated rings. The van der Waals surface area contributed by atoms with E-state index in [4.69, 9.17) is 34.8 Å². The highest BCUT2D eigenvalue weighted by atomic mass is 35.5. The first kappa shape index (κ1) is 20.5. The molecule has 10 heteroatoms. The fraction of sp³-hybridized carbons (Fsp3) is 0.471. The van der Waals surface area contributed by atoms with Gasteiger partial charge in [0.25, 0.3) is 5.91 Å². The first-order valence-electron chi connectivity index (χ1n) is 8.56. The van der Waals surface area contributed by atoms with Crippen molar-refractivity contribution in [2.24, 2.45) is 0 Å². The van der Waals surface area contributed by atoms with Gasteiger partial charge in [-0.3, -0.25) is 4.79 Å². The van der Waals surface area contributed by atoms with Gasteiger partial charge in [0.1, 0.15) is 15.0 Å². The van der Waals surface area contributed by atoms with Crippen LogP contribution in [0.15, 0.2) is 12.3 Å². The normalized spacial score (nSPS) is 19.6. The van der Waals surface area contributed by atoms with Gasteiger partial charge in [0, 0.05) is 32.4 Å². The zero-order valence-electron chi connectivity index (χ0n) is 14.9. The highest BCUT2D eigenvalue weighted by Crippen LogP contribution is 2.40. The third-order valence-corrected chi connectivity index (χ3v) is 7.03. The number of nitrogens with one attached hydrogen (secondary N) is 2. The maximum absolute atomic E-state index is 12.4. The molecule has 1 aliphatic rings. The molecule has 0 atom stereocenters. The van der Waals surface area contributed by atoms with Gasteiger partial charge in [0.05, 0.1) is 10.0 Å². The summed E-state index contributed by atoms with van der Waals surface area (Å²) in [6, 6.07) is 2.25. The van der Waals surface area contributed by atoms with Gasteiger partial charge in [0.2, 0.25) is 5.95 Å². The molecule has 2 aromatic heterocycles. The van der Waals surface area contributed by atoms with E-state index in [1.807, 2.05) is 25.1 Å². The van der Waals surface area contributed by atoms with Crippen LogP contribution in [0.3, 0.4) is 0 Å². The van der Waals surface area contributed by atoms with Gasteiger partial charge in [-0.05, 0) is 31.7 Å². The van der Waals surface area contributed by atoms with Crippen molar-refractivity contribution in [3.05, 3.63) is 31.5 Å². The largest absolute Gasteiger partial charge is 0.363 e. The predicted octanol–water partition coefficient (Wildman–Crippen LogP) is 4.72. The summed E-state index contributed by atoms with van der Waals surface area (Å²) in [7, 11) is 3.89. The molecule has 2 aromatic rings. The molecule has 2 heterocycles. The number of carbonyl (C=O) groups excluding carboxylic acids is 1. The third kappa shape index (κ3) is 4.96. The number of hydrogen-bond acceptors (Lipinski definition) is 6. The lowest BCUT2D eigenvalue weighted by Crippen LogP contribution is -2.40. The molecule has 1 saturated carbocycles. The Bertz CT molecular complexity index is 821. The van der Waals surface area contributed by atoms with Crippen LogP contribution in [0, 0.1) is 0 Å². The van der Waals surface area contributed by atoms with Crippen molar-refractivity contribution in [1.29, 1.82) is 0 Å². The Balaban J connectivity index is 1.52.